The standard InChI is InChI=1S/C20H16F2N2O4S/c1-2-11-27-17(25)12-24-14-8-4-6-10-16(14)29-20(24)23-18(26)13-7-3-5-9-15(13)28-19(21)22/h2-10,19H,1,11-12H2. The Labute approximate surface area is 168 Å². The molecule has 0 aliphatic heterocycles. The lowest BCUT2D eigenvalue weighted by Crippen LogP contribution is -2.23. The highest BCUT2D eigenvalue weighted by Gasteiger charge is 2.17. The lowest BCUT2D eigenvalue weighted by Gasteiger charge is -2.08. The molecule has 3 rings (SSSR count). The van der Waals surface area contributed by atoms with Gasteiger partial charge in [-0.25, -0.2) is 0 Å². The average molecular weight is 418 g/mol. The summed E-state index contributed by atoms with van der Waals surface area (Å²) in [5.74, 6) is -1.56. The minimum absolute atomic E-state index is 0.0607. The van der Waals surface area contributed by atoms with Gasteiger partial charge in [0.25, 0.3) is 5.91 Å². The molecule has 0 atom stereocenters. The van der Waals surface area contributed by atoms with E-state index < -0.39 is 18.5 Å². The number of thiazole rings is 1. The first-order chi connectivity index (χ1) is 14.0. The number of ether oxygens (including phenoxy) is 2. The number of halogens is 2. The van der Waals surface area contributed by atoms with Crippen LogP contribution in [0.25, 0.3) is 10.2 Å². The van der Waals surface area contributed by atoms with Crippen LogP contribution in [0, 0.1) is 0 Å². The quantitative estimate of drug-likeness (QED) is 0.433. The minimum atomic E-state index is -3.07. The Kier molecular flexibility index (Phi) is 6.50. The molecular weight excluding hydrogens is 402 g/mol. The Balaban J connectivity index is 2.04. The predicted molar refractivity (Wildman–Crippen MR) is 104 cm³/mol. The molecule has 3 aromatic rings. The SMILES string of the molecule is C=CCOC(=O)Cn1c(=NC(=O)c2ccccc2OC(F)F)sc2ccccc21. The molecule has 9 heteroatoms. The van der Waals surface area contributed by atoms with Crippen molar-refractivity contribution in [3.8, 4) is 5.75 Å². The van der Waals surface area contributed by atoms with Crippen LogP contribution >= 0.6 is 11.3 Å². The highest BCUT2D eigenvalue weighted by atomic mass is 32.1. The molecule has 2 aromatic carbocycles. The van der Waals surface area contributed by atoms with Crippen molar-refractivity contribution in [2.45, 2.75) is 13.2 Å². The number of carbonyl (C=O) groups excluding carboxylic acids is 2. The number of benzene rings is 2. The van der Waals surface area contributed by atoms with Gasteiger partial charge in [0.1, 0.15) is 18.9 Å². The van der Waals surface area contributed by atoms with E-state index in [1.807, 2.05) is 12.1 Å². The number of alkyl halides is 2. The van der Waals surface area contributed by atoms with Crippen molar-refractivity contribution in [2.75, 3.05) is 6.61 Å². The minimum Gasteiger partial charge on any atom is -0.460 e. The summed E-state index contributed by atoms with van der Waals surface area (Å²) in [5, 5.41) is 0. The fourth-order valence-electron chi connectivity index (χ4n) is 2.57. The molecular formula is C20H16F2N2O4S. The van der Waals surface area contributed by atoms with Gasteiger partial charge in [-0.3, -0.25) is 9.59 Å². The van der Waals surface area contributed by atoms with Crippen molar-refractivity contribution in [1.82, 2.24) is 4.57 Å². The van der Waals surface area contributed by atoms with Gasteiger partial charge in [0.15, 0.2) is 4.80 Å². The van der Waals surface area contributed by atoms with E-state index in [-0.39, 0.29) is 29.3 Å². The van der Waals surface area contributed by atoms with Gasteiger partial charge >= 0.3 is 12.6 Å². The molecule has 1 heterocycles. The number of aromatic nitrogens is 1. The lowest BCUT2D eigenvalue weighted by molar-refractivity contribution is -0.143. The van der Waals surface area contributed by atoms with Gasteiger partial charge in [0.2, 0.25) is 0 Å². The molecule has 0 bridgehead atoms. The van der Waals surface area contributed by atoms with Crippen LogP contribution in [-0.2, 0) is 16.1 Å². The predicted octanol–water partition coefficient (Wildman–Crippen LogP) is 3.77. The number of hydrogen-bond donors (Lipinski definition) is 0. The number of carbonyl (C=O) groups is 2. The normalized spacial score (nSPS) is 11.6. The third-order valence-corrected chi connectivity index (χ3v) is 4.83. The van der Waals surface area contributed by atoms with Gasteiger partial charge in [0, 0.05) is 0 Å². The smallest absolute Gasteiger partial charge is 0.387 e. The number of amides is 1. The highest BCUT2D eigenvalue weighted by Crippen LogP contribution is 2.22. The summed E-state index contributed by atoms with van der Waals surface area (Å²) in [4.78, 5) is 29.0. The number of esters is 1. The molecule has 0 unspecified atom stereocenters. The highest BCUT2D eigenvalue weighted by molar-refractivity contribution is 7.16. The van der Waals surface area contributed by atoms with E-state index in [9.17, 15) is 18.4 Å². The zero-order valence-corrected chi connectivity index (χ0v) is 15.9. The van der Waals surface area contributed by atoms with Crippen LogP contribution in [-0.4, -0.2) is 29.7 Å². The maximum atomic E-state index is 12.7. The van der Waals surface area contributed by atoms with E-state index in [1.54, 1.807) is 16.7 Å². The van der Waals surface area contributed by atoms with Crippen molar-refractivity contribution >= 4 is 33.4 Å². The van der Waals surface area contributed by atoms with Gasteiger partial charge in [-0.15, -0.1) is 0 Å². The fraction of sp³-hybridized carbons (Fsp3) is 0.150. The number of rotatable bonds is 7. The van der Waals surface area contributed by atoms with Crippen molar-refractivity contribution in [3.63, 3.8) is 0 Å². The molecule has 0 N–H and O–H groups in total. The number of hydrogen-bond acceptors (Lipinski definition) is 5. The molecule has 1 aromatic heterocycles. The molecule has 0 aliphatic rings. The molecule has 0 spiro atoms. The van der Waals surface area contributed by atoms with E-state index in [2.05, 4.69) is 16.3 Å². The van der Waals surface area contributed by atoms with Crippen molar-refractivity contribution in [3.05, 3.63) is 71.6 Å². The molecule has 0 saturated carbocycles. The molecule has 0 radical (unpaired) electrons. The van der Waals surface area contributed by atoms with E-state index in [0.29, 0.717) is 5.52 Å². The Hall–Kier alpha value is -3.33. The summed E-state index contributed by atoms with van der Waals surface area (Å²) >= 11 is 1.19. The summed E-state index contributed by atoms with van der Waals surface area (Å²) in [7, 11) is 0. The Morgan fingerprint density at radius 2 is 1.90 bits per heavy atom. The van der Waals surface area contributed by atoms with Crippen molar-refractivity contribution in [1.29, 1.82) is 0 Å². The summed E-state index contributed by atoms with van der Waals surface area (Å²) in [6, 6.07) is 12.8. The largest absolute Gasteiger partial charge is 0.460 e. The average Bonchev–Trinajstić information content (AvgIpc) is 3.03. The number of para-hydroxylation sites is 2. The van der Waals surface area contributed by atoms with Crippen LogP contribution in [0.4, 0.5) is 8.78 Å². The number of fused-ring (bicyclic) bond motifs is 1. The number of nitrogens with zero attached hydrogens (tertiary/aromatic N) is 2. The van der Waals surface area contributed by atoms with Gasteiger partial charge in [-0.2, -0.15) is 13.8 Å². The van der Waals surface area contributed by atoms with Crippen LogP contribution in [0.15, 0.2) is 66.2 Å². The van der Waals surface area contributed by atoms with E-state index in [0.717, 1.165) is 4.70 Å². The topological polar surface area (TPSA) is 69.9 Å². The van der Waals surface area contributed by atoms with E-state index >= 15 is 0 Å². The first-order valence-electron chi connectivity index (χ1n) is 8.47. The van der Waals surface area contributed by atoms with Crippen LogP contribution in [0.2, 0.25) is 0 Å². The van der Waals surface area contributed by atoms with Crippen LogP contribution in [0.3, 0.4) is 0 Å². The van der Waals surface area contributed by atoms with Crippen LogP contribution in [0.1, 0.15) is 10.4 Å². The van der Waals surface area contributed by atoms with Gasteiger partial charge < -0.3 is 14.0 Å². The summed E-state index contributed by atoms with van der Waals surface area (Å²) < 4.78 is 37.0. The molecule has 1 amide bonds. The van der Waals surface area contributed by atoms with Crippen molar-refractivity contribution in [2.24, 2.45) is 4.99 Å². The zero-order chi connectivity index (χ0) is 20.8. The van der Waals surface area contributed by atoms with Crippen LogP contribution < -0.4 is 9.54 Å². The summed E-state index contributed by atoms with van der Waals surface area (Å²) in [6.07, 6.45) is 1.45. The second-order valence-electron chi connectivity index (χ2n) is 5.70. The summed E-state index contributed by atoms with van der Waals surface area (Å²) in [6.45, 7) is 0.310. The van der Waals surface area contributed by atoms with Gasteiger partial charge in [0.05, 0.1) is 15.8 Å². The fourth-order valence-corrected chi connectivity index (χ4v) is 3.60. The molecule has 0 fully saturated rings. The van der Waals surface area contributed by atoms with E-state index in [1.165, 1.54) is 41.7 Å². The Bertz CT molecular complexity index is 1120. The molecule has 6 nitrogen and oxygen atoms in total. The van der Waals surface area contributed by atoms with Crippen molar-refractivity contribution < 1.29 is 27.8 Å². The maximum absolute atomic E-state index is 12.7. The second kappa shape index (κ2) is 9.24. The third kappa shape index (κ3) is 4.94. The van der Waals surface area contributed by atoms with Crippen LogP contribution in [0.5, 0.6) is 5.75 Å². The molecule has 0 aliphatic carbocycles. The Morgan fingerprint density at radius 1 is 1.17 bits per heavy atom. The molecule has 150 valence electrons. The first kappa shape index (κ1) is 20.4. The van der Waals surface area contributed by atoms with Gasteiger partial charge in [-0.05, 0) is 24.3 Å². The maximum Gasteiger partial charge on any atom is 0.387 e. The zero-order valence-electron chi connectivity index (χ0n) is 15.1. The molecule has 0 saturated heterocycles. The third-order valence-electron chi connectivity index (χ3n) is 3.77. The summed E-state index contributed by atoms with van der Waals surface area (Å²) in [5.41, 5.74) is 0.586. The monoisotopic (exact) mass is 418 g/mol. The van der Waals surface area contributed by atoms with E-state index in [4.69, 9.17) is 4.74 Å². The van der Waals surface area contributed by atoms with Gasteiger partial charge in [-0.1, -0.05) is 48.3 Å². The second-order valence-corrected chi connectivity index (χ2v) is 6.71. The lowest BCUT2D eigenvalue weighted by atomic mass is 10.2. The Morgan fingerprint density at radius 3 is 2.66 bits per heavy atom. The molecule has 29 heavy (non-hydrogen) atoms. The first-order valence-corrected chi connectivity index (χ1v) is 9.29.